The lowest BCUT2D eigenvalue weighted by Crippen LogP contribution is -2.53. The van der Waals surface area contributed by atoms with Crippen LogP contribution in [0, 0.1) is 5.82 Å². The number of alkyl halides is 2. The van der Waals surface area contributed by atoms with Crippen LogP contribution in [0.5, 0.6) is 0 Å². The maximum atomic E-state index is 13.3. The van der Waals surface area contributed by atoms with Crippen LogP contribution in [-0.4, -0.2) is 75.6 Å². The van der Waals surface area contributed by atoms with Gasteiger partial charge in [-0.2, -0.15) is 8.78 Å². The number of sulfonamides is 1. The molecule has 8 nitrogen and oxygen atoms in total. The molecule has 2 heterocycles. The number of carbonyl (C=O) groups excluding carboxylic acids is 1. The van der Waals surface area contributed by atoms with E-state index in [1.54, 1.807) is 19.1 Å². The van der Waals surface area contributed by atoms with Crippen LogP contribution in [0.25, 0.3) is 0 Å². The molecule has 232 valence electrons. The first kappa shape index (κ1) is 33.2. The van der Waals surface area contributed by atoms with E-state index in [0.717, 1.165) is 17.7 Å². The number of benzene rings is 2. The quantitative estimate of drug-likeness (QED) is 0.259. The van der Waals surface area contributed by atoms with E-state index < -0.39 is 34.2 Å². The molecule has 0 radical (unpaired) electrons. The van der Waals surface area contributed by atoms with Crippen molar-refractivity contribution < 1.29 is 35.9 Å². The first-order valence-corrected chi connectivity index (χ1v) is 16.6. The van der Waals surface area contributed by atoms with Crippen LogP contribution in [0.1, 0.15) is 32.6 Å². The van der Waals surface area contributed by atoms with Crippen LogP contribution in [0.15, 0.2) is 46.2 Å². The van der Waals surface area contributed by atoms with Gasteiger partial charge >= 0.3 is 6.61 Å². The third-order valence-electron chi connectivity index (χ3n) is 7.13. The summed E-state index contributed by atoms with van der Waals surface area (Å²) in [6.07, 6.45) is 1.98. The maximum Gasteiger partial charge on any atom is 0.345 e. The molecular formula is C27H32Cl2F3N3O5S2. The largest absolute Gasteiger partial charge is 0.379 e. The van der Waals surface area contributed by atoms with E-state index in [2.05, 4.69) is 14.8 Å². The van der Waals surface area contributed by atoms with E-state index in [4.69, 9.17) is 27.9 Å². The predicted octanol–water partition coefficient (Wildman–Crippen LogP) is 5.78. The van der Waals surface area contributed by atoms with E-state index in [0.29, 0.717) is 50.5 Å². The van der Waals surface area contributed by atoms with Gasteiger partial charge in [0, 0.05) is 42.9 Å². The fraction of sp³-hybridized carbons (Fsp3) is 0.519. The molecule has 2 aliphatic heterocycles. The van der Waals surface area contributed by atoms with Crippen LogP contribution in [0.2, 0.25) is 10.0 Å². The van der Waals surface area contributed by atoms with Crippen LogP contribution in [0.3, 0.4) is 0 Å². The Morgan fingerprint density at radius 1 is 1.19 bits per heavy atom. The molecule has 0 aliphatic carbocycles. The molecule has 2 N–H and O–H groups in total. The number of thioether (sulfide) groups is 1. The van der Waals surface area contributed by atoms with Crippen molar-refractivity contribution in [3.63, 3.8) is 0 Å². The van der Waals surface area contributed by atoms with Crippen molar-refractivity contribution in [2.75, 3.05) is 37.3 Å². The molecule has 2 aromatic carbocycles. The average molecular weight is 671 g/mol. The Kier molecular flexibility index (Phi) is 11.3. The van der Waals surface area contributed by atoms with Gasteiger partial charge in [-0.25, -0.2) is 17.5 Å². The minimum absolute atomic E-state index is 0.0292. The first-order valence-electron chi connectivity index (χ1n) is 13.4. The van der Waals surface area contributed by atoms with Crippen molar-refractivity contribution in [3.8, 4) is 0 Å². The predicted molar refractivity (Wildman–Crippen MR) is 156 cm³/mol. The summed E-state index contributed by atoms with van der Waals surface area (Å²) in [5.74, 6) is -0.600. The molecule has 15 heteroatoms. The monoisotopic (exact) mass is 669 g/mol. The second-order valence-corrected chi connectivity index (χ2v) is 14.0. The lowest BCUT2D eigenvalue weighted by molar-refractivity contribution is -0.195. The minimum Gasteiger partial charge on any atom is -0.379 e. The van der Waals surface area contributed by atoms with Crippen molar-refractivity contribution in [3.05, 3.63) is 52.3 Å². The van der Waals surface area contributed by atoms with Crippen LogP contribution >= 0.6 is 35.0 Å². The molecule has 4 rings (SSSR count). The Morgan fingerprint density at radius 3 is 2.45 bits per heavy atom. The highest BCUT2D eigenvalue weighted by Gasteiger charge is 2.38. The Hall–Kier alpha value is -1.74. The van der Waals surface area contributed by atoms with E-state index >= 15 is 0 Å². The molecule has 0 aromatic heterocycles. The Labute approximate surface area is 257 Å². The third kappa shape index (κ3) is 8.90. The van der Waals surface area contributed by atoms with Crippen molar-refractivity contribution in [2.45, 2.75) is 66.8 Å². The van der Waals surface area contributed by atoms with Crippen LogP contribution in [0.4, 0.5) is 18.9 Å². The summed E-state index contributed by atoms with van der Waals surface area (Å²) >= 11 is 14.5. The molecule has 42 heavy (non-hydrogen) atoms. The van der Waals surface area contributed by atoms with E-state index in [1.165, 1.54) is 36.0 Å². The Balaban J connectivity index is 1.45. The molecule has 0 spiro atoms. The van der Waals surface area contributed by atoms with Crippen molar-refractivity contribution >= 4 is 56.6 Å². The standard InChI is InChI=1S/C27H32Cl2F3N3O5S2/c1-27(9-2-3-11-39-27)25(36)34-42(37,38)21-12-22(28)24(23(29)13-21)33-18(16-41-20-6-4-17(30)5-7-20)8-10-35-14-19(15-35)40-26(31)32/h4-7,12-13,18-19,26,33H,2-3,8-11,14-16H2,1H3,(H,34,36)/t18-,27-/m1/s1. The SMILES string of the molecule is C[C@]1(C(=O)NS(=O)(=O)c2cc(Cl)c(N[C@H](CCN3CC(OC(F)F)C3)CSc3ccc(F)cc3)c(Cl)c2)CCCCO1. The minimum atomic E-state index is -4.30. The van der Waals surface area contributed by atoms with Gasteiger partial charge in [0.2, 0.25) is 0 Å². The fourth-order valence-electron chi connectivity index (χ4n) is 4.65. The summed E-state index contributed by atoms with van der Waals surface area (Å²) in [7, 11) is -4.30. The number of ether oxygens (including phenoxy) is 2. The van der Waals surface area contributed by atoms with Gasteiger partial charge < -0.3 is 14.8 Å². The number of carbonyl (C=O) groups is 1. The molecule has 0 unspecified atom stereocenters. The van der Waals surface area contributed by atoms with Crippen LogP contribution < -0.4 is 10.0 Å². The van der Waals surface area contributed by atoms with Gasteiger partial charge in [0.05, 0.1) is 26.7 Å². The zero-order valence-electron chi connectivity index (χ0n) is 22.8. The van der Waals surface area contributed by atoms with Crippen LogP contribution in [-0.2, 0) is 24.3 Å². The zero-order chi connectivity index (χ0) is 30.5. The third-order valence-corrected chi connectivity index (χ3v) is 10.2. The lowest BCUT2D eigenvalue weighted by Gasteiger charge is -2.39. The molecule has 0 saturated carbocycles. The maximum absolute atomic E-state index is 13.3. The normalized spacial score (nSPS) is 20.7. The molecular weight excluding hydrogens is 638 g/mol. The smallest absolute Gasteiger partial charge is 0.345 e. The average Bonchev–Trinajstić information content (AvgIpc) is 2.90. The number of nitrogens with zero attached hydrogens (tertiary/aromatic N) is 1. The summed E-state index contributed by atoms with van der Waals surface area (Å²) in [4.78, 5) is 15.3. The summed E-state index contributed by atoms with van der Waals surface area (Å²) in [6.45, 7) is 0.439. The molecule has 2 fully saturated rings. The Bertz CT molecular complexity index is 1320. The molecule has 2 saturated heterocycles. The van der Waals surface area contributed by atoms with Gasteiger partial charge in [0.1, 0.15) is 11.4 Å². The number of halogens is 5. The zero-order valence-corrected chi connectivity index (χ0v) is 25.9. The highest BCUT2D eigenvalue weighted by Crippen LogP contribution is 2.35. The van der Waals surface area contributed by atoms with Gasteiger partial charge in [-0.3, -0.25) is 9.69 Å². The number of hydrogen-bond donors (Lipinski definition) is 2. The molecule has 2 atom stereocenters. The van der Waals surface area contributed by atoms with E-state index in [-0.39, 0.29) is 26.8 Å². The number of rotatable bonds is 13. The summed E-state index contributed by atoms with van der Waals surface area (Å²) in [6, 6.07) is 8.22. The molecule has 2 aliphatic rings. The number of nitrogens with one attached hydrogen (secondary N) is 2. The lowest BCUT2D eigenvalue weighted by atomic mass is 9.95. The van der Waals surface area contributed by atoms with E-state index in [1.807, 2.05) is 4.90 Å². The van der Waals surface area contributed by atoms with Crippen molar-refractivity contribution in [1.29, 1.82) is 0 Å². The summed E-state index contributed by atoms with van der Waals surface area (Å²) in [5.41, 5.74) is -0.948. The first-order chi connectivity index (χ1) is 19.8. The highest BCUT2D eigenvalue weighted by molar-refractivity contribution is 7.99. The second-order valence-electron chi connectivity index (χ2n) is 10.4. The number of hydrogen-bond acceptors (Lipinski definition) is 8. The highest BCUT2D eigenvalue weighted by atomic mass is 35.5. The fourth-order valence-corrected chi connectivity index (χ4v) is 7.47. The van der Waals surface area contributed by atoms with Crippen molar-refractivity contribution in [2.24, 2.45) is 0 Å². The number of amides is 1. The number of anilines is 1. The van der Waals surface area contributed by atoms with E-state index in [9.17, 15) is 26.4 Å². The molecule has 2 aromatic rings. The summed E-state index contributed by atoms with van der Waals surface area (Å²) in [5, 5.41) is 3.34. The second kappa shape index (κ2) is 14.4. The van der Waals surface area contributed by atoms with Crippen molar-refractivity contribution in [1.82, 2.24) is 9.62 Å². The summed E-state index contributed by atoms with van der Waals surface area (Å²) < 4.78 is 76.5. The number of likely N-dealkylation sites (tertiary alicyclic amines) is 1. The van der Waals surface area contributed by atoms with Gasteiger partial charge in [-0.05, 0) is 69.0 Å². The van der Waals surface area contributed by atoms with Gasteiger partial charge in [-0.15, -0.1) is 11.8 Å². The molecule has 0 bridgehead atoms. The Morgan fingerprint density at radius 2 is 1.86 bits per heavy atom. The van der Waals surface area contributed by atoms with Gasteiger partial charge in [0.25, 0.3) is 15.9 Å². The topological polar surface area (TPSA) is 97.0 Å². The molecule has 1 amide bonds. The van der Waals surface area contributed by atoms with Gasteiger partial charge in [-0.1, -0.05) is 23.2 Å². The van der Waals surface area contributed by atoms with Gasteiger partial charge in [0.15, 0.2) is 0 Å².